The van der Waals surface area contributed by atoms with Crippen molar-refractivity contribution >= 4 is 34.6 Å². The predicted molar refractivity (Wildman–Crippen MR) is 94.8 cm³/mol. The third kappa shape index (κ3) is 3.83. The molecule has 4 nitrogen and oxygen atoms in total. The number of thioether (sulfide) groups is 1. The number of ether oxygens (including phenoxy) is 1. The molecule has 0 spiro atoms. The average Bonchev–Trinajstić information content (AvgIpc) is 2.91. The molecule has 0 aliphatic carbocycles. The van der Waals surface area contributed by atoms with Gasteiger partial charge >= 0.3 is 0 Å². The normalized spacial score (nSPS) is 17.3. The Kier molecular flexibility index (Phi) is 4.96. The molecule has 122 valence electrons. The Bertz CT molecular complexity index is 816. The first-order chi connectivity index (χ1) is 11.7. The molecule has 1 N–H and O–H groups in total. The highest BCUT2D eigenvalue weighted by atomic mass is 32.2. The molecule has 1 amide bonds. The molecule has 0 saturated carbocycles. The van der Waals surface area contributed by atoms with Crippen LogP contribution in [0.4, 0.5) is 10.1 Å². The van der Waals surface area contributed by atoms with E-state index in [1.54, 1.807) is 18.2 Å². The van der Waals surface area contributed by atoms with E-state index in [-0.39, 0.29) is 11.7 Å². The van der Waals surface area contributed by atoms with Crippen molar-refractivity contribution < 1.29 is 13.9 Å². The third-order valence-electron chi connectivity index (χ3n) is 3.21. The molecule has 3 rings (SSSR count). The minimum absolute atomic E-state index is 0.225. The summed E-state index contributed by atoms with van der Waals surface area (Å²) >= 11 is 1.24. The number of amides is 1. The lowest BCUT2D eigenvalue weighted by atomic mass is 10.2. The number of hydrogen-bond donors (Lipinski definition) is 1. The van der Waals surface area contributed by atoms with E-state index < -0.39 is 0 Å². The van der Waals surface area contributed by atoms with Crippen molar-refractivity contribution in [2.24, 2.45) is 4.99 Å². The second kappa shape index (κ2) is 7.31. The van der Waals surface area contributed by atoms with Crippen molar-refractivity contribution in [3.8, 4) is 5.75 Å². The highest BCUT2D eigenvalue weighted by molar-refractivity contribution is 8.18. The third-order valence-corrected chi connectivity index (χ3v) is 4.12. The summed E-state index contributed by atoms with van der Waals surface area (Å²) in [6.45, 7) is 2.44. The summed E-state index contributed by atoms with van der Waals surface area (Å²) in [6.07, 6.45) is 1.70. The van der Waals surface area contributed by atoms with E-state index in [0.29, 0.717) is 28.1 Å². The van der Waals surface area contributed by atoms with Gasteiger partial charge < -0.3 is 10.1 Å². The zero-order valence-electron chi connectivity index (χ0n) is 13.0. The maximum atomic E-state index is 12.9. The standard InChI is InChI=1S/C18H15FN2O2S/c1-2-23-15-6-4-3-5-14(15)20-18-21-17(22)16(24-18)11-12-7-9-13(19)10-8-12/h3-11H,2H2,1H3,(H,20,21,22)/b16-11+. The van der Waals surface area contributed by atoms with Gasteiger partial charge in [0, 0.05) is 0 Å². The zero-order valence-corrected chi connectivity index (χ0v) is 13.8. The second-order valence-corrected chi connectivity index (χ2v) is 5.96. The van der Waals surface area contributed by atoms with Gasteiger partial charge in [-0.2, -0.15) is 0 Å². The number of aliphatic imine (C=N–C) groups is 1. The van der Waals surface area contributed by atoms with Gasteiger partial charge in [0.25, 0.3) is 5.91 Å². The van der Waals surface area contributed by atoms with Crippen LogP contribution >= 0.6 is 11.8 Å². The second-order valence-electron chi connectivity index (χ2n) is 4.93. The van der Waals surface area contributed by atoms with Crippen LogP contribution in [-0.2, 0) is 4.79 Å². The topological polar surface area (TPSA) is 50.7 Å². The summed E-state index contributed by atoms with van der Waals surface area (Å²) in [5, 5.41) is 3.22. The van der Waals surface area contributed by atoms with Gasteiger partial charge in [-0.3, -0.25) is 4.79 Å². The summed E-state index contributed by atoms with van der Waals surface area (Å²) < 4.78 is 18.5. The Hall–Kier alpha value is -2.60. The monoisotopic (exact) mass is 342 g/mol. The number of rotatable bonds is 4. The molecule has 24 heavy (non-hydrogen) atoms. The number of nitrogens with one attached hydrogen (secondary N) is 1. The lowest BCUT2D eigenvalue weighted by molar-refractivity contribution is -0.115. The van der Waals surface area contributed by atoms with Gasteiger partial charge in [0.05, 0.1) is 11.5 Å². The number of halogens is 1. The average molecular weight is 342 g/mol. The number of benzene rings is 2. The van der Waals surface area contributed by atoms with Crippen LogP contribution in [0, 0.1) is 5.82 Å². The van der Waals surface area contributed by atoms with Crippen molar-refractivity contribution in [1.82, 2.24) is 5.32 Å². The van der Waals surface area contributed by atoms with Gasteiger partial charge in [0.15, 0.2) is 5.17 Å². The Morgan fingerprint density at radius 1 is 1.21 bits per heavy atom. The SMILES string of the molecule is CCOc1ccccc1N=C1NC(=O)/C(=C\c2ccc(F)cc2)S1. The van der Waals surface area contributed by atoms with Gasteiger partial charge in [0.1, 0.15) is 17.3 Å². The Morgan fingerprint density at radius 3 is 2.71 bits per heavy atom. The Balaban J connectivity index is 1.83. The quantitative estimate of drug-likeness (QED) is 0.851. The first-order valence-electron chi connectivity index (χ1n) is 7.42. The summed E-state index contributed by atoms with van der Waals surface area (Å²) in [5.74, 6) is 0.130. The van der Waals surface area contributed by atoms with Crippen molar-refractivity contribution in [3.63, 3.8) is 0 Å². The zero-order chi connectivity index (χ0) is 16.9. The number of amidine groups is 1. The van der Waals surface area contributed by atoms with E-state index in [0.717, 1.165) is 5.56 Å². The molecular formula is C18H15FN2O2S. The Labute approximate surface area is 143 Å². The summed E-state index contributed by atoms with van der Waals surface area (Å²) in [5.41, 5.74) is 1.41. The number of carbonyl (C=O) groups excluding carboxylic acids is 1. The van der Waals surface area contributed by atoms with Gasteiger partial charge in [-0.05, 0) is 54.6 Å². The van der Waals surface area contributed by atoms with Crippen molar-refractivity contribution in [3.05, 3.63) is 64.8 Å². The molecule has 0 unspecified atom stereocenters. The van der Waals surface area contributed by atoms with E-state index in [9.17, 15) is 9.18 Å². The molecule has 2 aromatic rings. The molecule has 2 aromatic carbocycles. The summed E-state index contributed by atoms with van der Waals surface area (Å²) in [7, 11) is 0. The molecule has 1 aliphatic heterocycles. The van der Waals surface area contributed by atoms with E-state index >= 15 is 0 Å². The van der Waals surface area contributed by atoms with Gasteiger partial charge in [-0.1, -0.05) is 24.3 Å². The van der Waals surface area contributed by atoms with Crippen LogP contribution in [-0.4, -0.2) is 17.7 Å². The number of carbonyl (C=O) groups is 1. The minimum Gasteiger partial charge on any atom is -0.492 e. The summed E-state index contributed by atoms with van der Waals surface area (Å²) in [6, 6.07) is 13.3. The maximum absolute atomic E-state index is 12.9. The van der Waals surface area contributed by atoms with Crippen molar-refractivity contribution in [1.29, 1.82) is 0 Å². The fourth-order valence-electron chi connectivity index (χ4n) is 2.13. The molecule has 1 fully saturated rings. The fraction of sp³-hybridized carbons (Fsp3) is 0.111. The maximum Gasteiger partial charge on any atom is 0.264 e. The van der Waals surface area contributed by atoms with Gasteiger partial charge in [-0.15, -0.1) is 0 Å². The van der Waals surface area contributed by atoms with Crippen LogP contribution in [0.15, 0.2) is 58.4 Å². The van der Waals surface area contributed by atoms with E-state index in [4.69, 9.17) is 4.74 Å². The van der Waals surface area contributed by atoms with Crippen molar-refractivity contribution in [2.75, 3.05) is 6.61 Å². The number of para-hydroxylation sites is 2. The van der Waals surface area contributed by atoms with Crippen LogP contribution in [0.3, 0.4) is 0 Å². The number of hydrogen-bond acceptors (Lipinski definition) is 4. The fourth-order valence-corrected chi connectivity index (χ4v) is 2.96. The molecule has 1 saturated heterocycles. The first kappa shape index (κ1) is 16.3. The lowest BCUT2D eigenvalue weighted by Gasteiger charge is -2.06. The minimum atomic E-state index is -0.310. The van der Waals surface area contributed by atoms with Crippen LogP contribution in [0.5, 0.6) is 5.75 Å². The first-order valence-corrected chi connectivity index (χ1v) is 8.24. The van der Waals surface area contributed by atoms with Gasteiger partial charge in [0.2, 0.25) is 0 Å². The summed E-state index contributed by atoms with van der Waals surface area (Å²) in [4.78, 5) is 17.0. The van der Waals surface area contributed by atoms with Crippen LogP contribution in [0.2, 0.25) is 0 Å². The number of nitrogens with zero attached hydrogens (tertiary/aromatic N) is 1. The highest BCUT2D eigenvalue weighted by Gasteiger charge is 2.24. The lowest BCUT2D eigenvalue weighted by Crippen LogP contribution is -2.19. The van der Waals surface area contributed by atoms with E-state index in [2.05, 4.69) is 10.3 Å². The molecule has 1 heterocycles. The molecule has 0 aromatic heterocycles. The van der Waals surface area contributed by atoms with Crippen molar-refractivity contribution in [2.45, 2.75) is 6.92 Å². The van der Waals surface area contributed by atoms with E-state index in [1.165, 1.54) is 23.9 Å². The molecule has 0 atom stereocenters. The highest BCUT2D eigenvalue weighted by Crippen LogP contribution is 2.32. The molecule has 0 bridgehead atoms. The predicted octanol–water partition coefficient (Wildman–Crippen LogP) is 4.12. The molecule has 0 radical (unpaired) electrons. The van der Waals surface area contributed by atoms with Crippen LogP contribution in [0.25, 0.3) is 6.08 Å². The molecular weight excluding hydrogens is 327 g/mol. The van der Waals surface area contributed by atoms with Crippen LogP contribution < -0.4 is 10.1 Å². The molecule has 6 heteroatoms. The molecule has 1 aliphatic rings. The van der Waals surface area contributed by atoms with E-state index in [1.807, 2.05) is 31.2 Å². The smallest absolute Gasteiger partial charge is 0.264 e. The van der Waals surface area contributed by atoms with Crippen LogP contribution in [0.1, 0.15) is 12.5 Å². The largest absolute Gasteiger partial charge is 0.492 e. The Morgan fingerprint density at radius 2 is 1.96 bits per heavy atom. The van der Waals surface area contributed by atoms with Gasteiger partial charge in [-0.25, -0.2) is 9.38 Å².